The smallest absolute Gasteiger partial charge is 0.0207 e. The quantitative estimate of drug-likeness (QED) is 0.785. The predicted molar refractivity (Wildman–Crippen MR) is 63.8 cm³/mol. The summed E-state index contributed by atoms with van der Waals surface area (Å²) in [6.07, 6.45) is 2.10. The lowest BCUT2D eigenvalue weighted by atomic mass is 10.1. The van der Waals surface area contributed by atoms with Crippen molar-refractivity contribution in [1.29, 1.82) is 0 Å². The van der Waals surface area contributed by atoms with Crippen molar-refractivity contribution in [2.24, 2.45) is 5.73 Å². The van der Waals surface area contributed by atoms with E-state index in [2.05, 4.69) is 37.4 Å². The van der Waals surface area contributed by atoms with Crippen molar-refractivity contribution in [2.45, 2.75) is 45.3 Å². The molecule has 0 spiro atoms. The van der Waals surface area contributed by atoms with Crippen LogP contribution in [0.5, 0.6) is 0 Å². The SMILES string of the molecule is CC(C)NCc1ccc2c(c1)CC(N)C2. The van der Waals surface area contributed by atoms with E-state index in [1.165, 1.54) is 16.7 Å². The molecule has 1 aliphatic rings. The van der Waals surface area contributed by atoms with Gasteiger partial charge in [0, 0.05) is 18.6 Å². The van der Waals surface area contributed by atoms with E-state index < -0.39 is 0 Å². The third kappa shape index (κ3) is 2.58. The molecule has 1 aliphatic carbocycles. The van der Waals surface area contributed by atoms with Gasteiger partial charge in [0.25, 0.3) is 0 Å². The normalized spacial score (nSPS) is 19.6. The minimum atomic E-state index is 0.341. The van der Waals surface area contributed by atoms with Crippen LogP contribution >= 0.6 is 0 Å². The van der Waals surface area contributed by atoms with E-state index in [-0.39, 0.29) is 0 Å². The van der Waals surface area contributed by atoms with Crippen molar-refractivity contribution < 1.29 is 0 Å². The highest BCUT2D eigenvalue weighted by molar-refractivity contribution is 5.37. The molecule has 0 radical (unpaired) electrons. The Morgan fingerprint density at radius 2 is 2.07 bits per heavy atom. The van der Waals surface area contributed by atoms with Gasteiger partial charge in [-0.2, -0.15) is 0 Å². The largest absolute Gasteiger partial charge is 0.327 e. The second-order valence-corrected chi connectivity index (χ2v) is 4.81. The van der Waals surface area contributed by atoms with E-state index in [0.29, 0.717) is 12.1 Å². The maximum atomic E-state index is 5.94. The predicted octanol–water partition coefficient (Wildman–Crippen LogP) is 1.61. The number of rotatable bonds is 3. The van der Waals surface area contributed by atoms with E-state index >= 15 is 0 Å². The fourth-order valence-corrected chi connectivity index (χ4v) is 2.14. The minimum Gasteiger partial charge on any atom is -0.327 e. The number of hydrogen-bond donors (Lipinski definition) is 2. The molecule has 0 fully saturated rings. The highest BCUT2D eigenvalue weighted by Crippen LogP contribution is 2.22. The zero-order chi connectivity index (χ0) is 10.8. The van der Waals surface area contributed by atoms with Crippen LogP contribution in [-0.2, 0) is 19.4 Å². The van der Waals surface area contributed by atoms with Gasteiger partial charge in [0.2, 0.25) is 0 Å². The van der Waals surface area contributed by atoms with Crippen LogP contribution in [0.25, 0.3) is 0 Å². The van der Waals surface area contributed by atoms with Crippen LogP contribution in [-0.4, -0.2) is 12.1 Å². The number of fused-ring (bicyclic) bond motifs is 1. The molecule has 1 unspecified atom stereocenters. The Balaban J connectivity index is 2.06. The van der Waals surface area contributed by atoms with Crippen LogP contribution < -0.4 is 11.1 Å². The Bertz CT molecular complexity index is 344. The van der Waals surface area contributed by atoms with Crippen LogP contribution in [0, 0.1) is 0 Å². The Morgan fingerprint density at radius 1 is 1.33 bits per heavy atom. The number of nitrogens with two attached hydrogens (primary N) is 1. The molecule has 0 aromatic heterocycles. The monoisotopic (exact) mass is 204 g/mol. The van der Waals surface area contributed by atoms with Crippen LogP contribution in [0.15, 0.2) is 18.2 Å². The molecule has 1 atom stereocenters. The summed E-state index contributed by atoms with van der Waals surface area (Å²) < 4.78 is 0. The first-order valence-electron chi connectivity index (χ1n) is 5.75. The third-order valence-corrected chi connectivity index (χ3v) is 2.95. The zero-order valence-corrected chi connectivity index (χ0v) is 9.59. The van der Waals surface area contributed by atoms with E-state index in [0.717, 1.165) is 19.4 Å². The van der Waals surface area contributed by atoms with Crippen LogP contribution in [0.1, 0.15) is 30.5 Å². The molecule has 0 bridgehead atoms. The van der Waals surface area contributed by atoms with E-state index in [4.69, 9.17) is 5.73 Å². The summed E-state index contributed by atoms with van der Waals surface area (Å²) in [6.45, 7) is 5.30. The first-order chi connectivity index (χ1) is 7.15. The van der Waals surface area contributed by atoms with Crippen LogP contribution in [0.2, 0.25) is 0 Å². The maximum Gasteiger partial charge on any atom is 0.0207 e. The van der Waals surface area contributed by atoms with Gasteiger partial charge in [-0.1, -0.05) is 32.0 Å². The molecule has 82 valence electrons. The van der Waals surface area contributed by atoms with Crippen molar-refractivity contribution in [2.75, 3.05) is 0 Å². The highest BCUT2D eigenvalue weighted by atomic mass is 14.9. The van der Waals surface area contributed by atoms with Gasteiger partial charge < -0.3 is 11.1 Å². The summed E-state index contributed by atoms with van der Waals surface area (Å²) in [6, 6.07) is 7.64. The van der Waals surface area contributed by atoms with E-state index in [1.54, 1.807) is 0 Å². The molecule has 2 nitrogen and oxygen atoms in total. The summed E-state index contributed by atoms with van der Waals surface area (Å²) in [5, 5.41) is 3.43. The molecule has 0 saturated heterocycles. The standard InChI is InChI=1S/C13H20N2/c1-9(2)15-8-10-3-4-11-6-13(14)7-12(11)5-10/h3-5,9,13,15H,6-8,14H2,1-2H3. The minimum absolute atomic E-state index is 0.341. The second kappa shape index (κ2) is 4.33. The summed E-state index contributed by atoms with van der Waals surface area (Å²) in [5.74, 6) is 0. The molecule has 0 heterocycles. The van der Waals surface area contributed by atoms with Crippen molar-refractivity contribution in [3.8, 4) is 0 Å². The second-order valence-electron chi connectivity index (χ2n) is 4.81. The molecule has 0 amide bonds. The van der Waals surface area contributed by atoms with Crippen molar-refractivity contribution in [1.82, 2.24) is 5.32 Å². The van der Waals surface area contributed by atoms with Gasteiger partial charge in [0.05, 0.1) is 0 Å². The molecule has 0 saturated carbocycles. The first-order valence-corrected chi connectivity index (χ1v) is 5.75. The van der Waals surface area contributed by atoms with Crippen molar-refractivity contribution in [3.05, 3.63) is 34.9 Å². The molecular weight excluding hydrogens is 184 g/mol. The van der Waals surface area contributed by atoms with Gasteiger partial charge in [-0.15, -0.1) is 0 Å². The average Bonchev–Trinajstić information content (AvgIpc) is 2.53. The highest BCUT2D eigenvalue weighted by Gasteiger charge is 2.17. The molecule has 2 rings (SSSR count). The summed E-state index contributed by atoms with van der Waals surface area (Å²) >= 11 is 0. The fourth-order valence-electron chi connectivity index (χ4n) is 2.14. The van der Waals surface area contributed by atoms with Gasteiger partial charge in [-0.3, -0.25) is 0 Å². The molecule has 1 aromatic rings. The number of benzene rings is 1. The van der Waals surface area contributed by atoms with Crippen molar-refractivity contribution >= 4 is 0 Å². The first kappa shape index (κ1) is 10.7. The summed E-state index contributed by atoms with van der Waals surface area (Å²) in [7, 11) is 0. The number of hydrogen-bond acceptors (Lipinski definition) is 2. The van der Waals surface area contributed by atoms with Gasteiger partial charge in [-0.25, -0.2) is 0 Å². The Hall–Kier alpha value is -0.860. The van der Waals surface area contributed by atoms with Gasteiger partial charge >= 0.3 is 0 Å². The number of nitrogens with one attached hydrogen (secondary N) is 1. The maximum absolute atomic E-state index is 5.94. The lowest BCUT2D eigenvalue weighted by molar-refractivity contribution is 0.588. The molecule has 3 N–H and O–H groups in total. The van der Waals surface area contributed by atoms with Gasteiger partial charge in [-0.05, 0) is 29.5 Å². The topological polar surface area (TPSA) is 38.0 Å². The zero-order valence-electron chi connectivity index (χ0n) is 9.59. The molecule has 0 aliphatic heterocycles. The van der Waals surface area contributed by atoms with Gasteiger partial charge in [0.1, 0.15) is 0 Å². The fraction of sp³-hybridized carbons (Fsp3) is 0.538. The Kier molecular flexibility index (Phi) is 3.08. The summed E-state index contributed by atoms with van der Waals surface area (Å²) in [5.41, 5.74) is 10.2. The van der Waals surface area contributed by atoms with Crippen LogP contribution in [0.4, 0.5) is 0 Å². The lowest BCUT2D eigenvalue weighted by Crippen LogP contribution is -2.21. The summed E-state index contributed by atoms with van der Waals surface area (Å²) in [4.78, 5) is 0. The third-order valence-electron chi connectivity index (χ3n) is 2.95. The molecular formula is C13H20N2. The van der Waals surface area contributed by atoms with Crippen molar-refractivity contribution in [3.63, 3.8) is 0 Å². The van der Waals surface area contributed by atoms with Crippen LogP contribution in [0.3, 0.4) is 0 Å². The van der Waals surface area contributed by atoms with E-state index in [1.807, 2.05) is 0 Å². The average molecular weight is 204 g/mol. The Morgan fingerprint density at radius 3 is 2.80 bits per heavy atom. The lowest BCUT2D eigenvalue weighted by Gasteiger charge is -2.09. The molecule has 2 heteroatoms. The van der Waals surface area contributed by atoms with E-state index in [9.17, 15) is 0 Å². The molecule has 1 aromatic carbocycles. The van der Waals surface area contributed by atoms with Gasteiger partial charge in [0.15, 0.2) is 0 Å². The Labute approximate surface area is 91.9 Å². The molecule has 15 heavy (non-hydrogen) atoms.